The van der Waals surface area contributed by atoms with Crippen LogP contribution in [0, 0.1) is 6.92 Å². The SMILES string of the molecule is CCN(CCC(=O)Nc1ccccc1N1CCOCC1)c1cccc(C)c1. The minimum atomic E-state index is 0.0433. The largest absolute Gasteiger partial charge is 0.378 e. The summed E-state index contributed by atoms with van der Waals surface area (Å²) in [6.45, 7) is 8.94. The second kappa shape index (κ2) is 9.42. The fraction of sp³-hybridized carbons (Fsp3) is 0.409. The summed E-state index contributed by atoms with van der Waals surface area (Å²) in [4.78, 5) is 17.1. The fourth-order valence-electron chi connectivity index (χ4n) is 3.40. The average Bonchev–Trinajstić information content (AvgIpc) is 2.70. The normalized spacial score (nSPS) is 14.1. The number of anilines is 3. The Morgan fingerprint density at radius 1 is 1.15 bits per heavy atom. The van der Waals surface area contributed by atoms with E-state index in [1.165, 1.54) is 11.3 Å². The van der Waals surface area contributed by atoms with Gasteiger partial charge in [-0.05, 0) is 43.7 Å². The minimum Gasteiger partial charge on any atom is -0.378 e. The molecule has 1 N–H and O–H groups in total. The Morgan fingerprint density at radius 3 is 2.67 bits per heavy atom. The van der Waals surface area contributed by atoms with Crippen LogP contribution in [-0.4, -0.2) is 45.3 Å². The molecule has 2 aromatic rings. The Balaban J connectivity index is 1.61. The molecule has 1 amide bonds. The number of morpholine rings is 1. The van der Waals surface area contributed by atoms with E-state index in [1.54, 1.807) is 0 Å². The molecule has 1 aliphatic rings. The first kappa shape index (κ1) is 19.2. The highest BCUT2D eigenvalue weighted by molar-refractivity contribution is 5.94. The highest BCUT2D eigenvalue weighted by atomic mass is 16.5. The van der Waals surface area contributed by atoms with Gasteiger partial charge in [0.05, 0.1) is 24.6 Å². The van der Waals surface area contributed by atoms with Gasteiger partial charge in [0.25, 0.3) is 0 Å². The van der Waals surface area contributed by atoms with Crippen LogP contribution in [0.4, 0.5) is 17.1 Å². The highest BCUT2D eigenvalue weighted by Crippen LogP contribution is 2.26. The van der Waals surface area contributed by atoms with Crippen molar-refractivity contribution in [2.75, 3.05) is 54.5 Å². The van der Waals surface area contributed by atoms with Gasteiger partial charge >= 0.3 is 0 Å². The molecule has 1 saturated heterocycles. The molecule has 1 heterocycles. The summed E-state index contributed by atoms with van der Waals surface area (Å²) in [6, 6.07) is 16.4. The van der Waals surface area contributed by atoms with Crippen LogP contribution in [0.3, 0.4) is 0 Å². The maximum absolute atomic E-state index is 12.6. The first-order valence-electron chi connectivity index (χ1n) is 9.70. The number of nitrogens with one attached hydrogen (secondary N) is 1. The zero-order valence-electron chi connectivity index (χ0n) is 16.3. The molecule has 144 valence electrons. The molecule has 27 heavy (non-hydrogen) atoms. The van der Waals surface area contributed by atoms with Gasteiger partial charge in [-0.2, -0.15) is 0 Å². The van der Waals surface area contributed by atoms with Crippen LogP contribution in [0.2, 0.25) is 0 Å². The number of aryl methyl sites for hydroxylation is 1. The standard InChI is InChI=1S/C22H29N3O2/c1-3-24(19-8-6-7-18(2)17-19)12-11-22(26)23-20-9-4-5-10-21(20)25-13-15-27-16-14-25/h4-10,17H,3,11-16H2,1-2H3,(H,23,26). The van der Waals surface area contributed by atoms with Crippen LogP contribution in [0.15, 0.2) is 48.5 Å². The van der Waals surface area contributed by atoms with Gasteiger partial charge in [0, 0.05) is 38.3 Å². The van der Waals surface area contributed by atoms with Crippen molar-refractivity contribution in [1.82, 2.24) is 0 Å². The lowest BCUT2D eigenvalue weighted by Crippen LogP contribution is -2.36. The monoisotopic (exact) mass is 367 g/mol. The molecule has 2 aromatic carbocycles. The molecule has 0 bridgehead atoms. The average molecular weight is 367 g/mol. The number of carbonyl (C=O) groups excluding carboxylic acids is 1. The maximum atomic E-state index is 12.6. The Hall–Kier alpha value is -2.53. The van der Waals surface area contributed by atoms with E-state index >= 15 is 0 Å². The topological polar surface area (TPSA) is 44.8 Å². The highest BCUT2D eigenvalue weighted by Gasteiger charge is 2.16. The lowest BCUT2D eigenvalue weighted by atomic mass is 10.2. The Bertz CT molecular complexity index is 757. The quantitative estimate of drug-likeness (QED) is 0.811. The van der Waals surface area contributed by atoms with Crippen molar-refractivity contribution in [2.24, 2.45) is 0 Å². The van der Waals surface area contributed by atoms with E-state index in [1.807, 2.05) is 18.2 Å². The molecule has 0 aliphatic carbocycles. The molecule has 1 aliphatic heterocycles. The maximum Gasteiger partial charge on any atom is 0.226 e. The van der Waals surface area contributed by atoms with Gasteiger partial charge in [-0.1, -0.05) is 24.3 Å². The summed E-state index contributed by atoms with van der Waals surface area (Å²) in [5.74, 6) is 0.0433. The van der Waals surface area contributed by atoms with E-state index < -0.39 is 0 Å². The zero-order chi connectivity index (χ0) is 19.1. The second-order valence-corrected chi connectivity index (χ2v) is 6.83. The van der Waals surface area contributed by atoms with Crippen LogP contribution in [-0.2, 0) is 9.53 Å². The fourth-order valence-corrected chi connectivity index (χ4v) is 3.40. The van der Waals surface area contributed by atoms with Crippen molar-refractivity contribution in [2.45, 2.75) is 20.3 Å². The summed E-state index contributed by atoms with van der Waals surface area (Å²) >= 11 is 0. The molecule has 0 unspecified atom stereocenters. The first-order valence-corrected chi connectivity index (χ1v) is 9.70. The van der Waals surface area contributed by atoms with E-state index in [0.29, 0.717) is 13.0 Å². The molecule has 0 aromatic heterocycles. The van der Waals surface area contributed by atoms with E-state index in [2.05, 4.69) is 59.3 Å². The van der Waals surface area contributed by atoms with Crippen LogP contribution < -0.4 is 15.1 Å². The van der Waals surface area contributed by atoms with Crippen LogP contribution >= 0.6 is 0 Å². The number of hydrogen-bond donors (Lipinski definition) is 1. The smallest absolute Gasteiger partial charge is 0.226 e. The molecule has 0 spiro atoms. The van der Waals surface area contributed by atoms with Crippen molar-refractivity contribution in [3.05, 3.63) is 54.1 Å². The van der Waals surface area contributed by atoms with Crippen molar-refractivity contribution in [3.63, 3.8) is 0 Å². The van der Waals surface area contributed by atoms with E-state index in [-0.39, 0.29) is 5.91 Å². The number of rotatable bonds is 7. The summed E-state index contributed by atoms with van der Waals surface area (Å²) < 4.78 is 5.44. The number of benzene rings is 2. The van der Waals surface area contributed by atoms with Crippen LogP contribution in [0.5, 0.6) is 0 Å². The summed E-state index contributed by atoms with van der Waals surface area (Å²) in [5.41, 5.74) is 4.34. The number of para-hydroxylation sites is 2. The molecule has 0 atom stereocenters. The third-order valence-corrected chi connectivity index (χ3v) is 4.89. The number of hydrogen-bond acceptors (Lipinski definition) is 4. The van der Waals surface area contributed by atoms with Gasteiger partial charge in [-0.25, -0.2) is 0 Å². The molecule has 5 heteroatoms. The predicted molar refractivity (Wildman–Crippen MR) is 112 cm³/mol. The lowest BCUT2D eigenvalue weighted by molar-refractivity contribution is -0.116. The van der Waals surface area contributed by atoms with E-state index in [0.717, 1.165) is 44.2 Å². The molecular weight excluding hydrogens is 338 g/mol. The van der Waals surface area contributed by atoms with Gasteiger partial charge in [0.1, 0.15) is 0 Å². The minimum absolute atomic E-state index is 0.0433. The third kappa shape index (κ3) is 5.23. The van der Waals surface area contributed by atoms with Crippen molar-refractivity contribution >= 4 is 23.0 Å². The van der Waals surface area contributed by atoms with Crippen LogP contribution in [0.25, 0.3) is 0 Å². The number of amides is 1. The molecule has 0 saturated carbocycles. The Kier molecular flexibility index (Phi) is 6.71. The molecule has 1 fully saturated rings. The predicted octanol–water partition coefficient (Wildman–Crippen LogP) is 3.69. The number of nitrogens with zero attached hydrogens (tertiary/aromatic N) is 2. The molecule has 5 nitrogen and oxygen atoms in total. The Morgan fingerprint density at radius 2 is 1.93 bits per heavy atom. The third-order valence-electron chi connectivity index (χ3n) is 4.89. The molecular formula is C22H29N3O2. The second-order valence-electron chi connectivity index (χ2n) is 6.83. The Labute approximate surface area is 161 Å². The summed E-state index contributed by atoms with van der Waals surface area (Å²) in [5, 5.41) is 3.10. The van der Waals surface area contributed by atoms with Gasteiger partial charge < -0.3 is 19.9 Å². The van der Waals surface area contributed by atoms with Gasteiger partial charge in [-0.15, -0.1) is 0 Å². The van der Waals surface area contributed by atoms with Gasteiger partial charge in [0.2, 0.25) is 5.91 Å². The summed E-state index contributed by atoms with van der Waals surface area (Å²) in [7, 11) is 0. The van der Waals surface area contributed by atoms with E-state index in [4.69, 9.17) is 4.74 Å². The van der Waals surface area contributed by atoms with Crippen molar-refractivity contribution in [3.8, 4) is 0 Å². The zero-order valence-corrected chi connectivity index (χ0v) is 16.3. The van der Waals surface area contributed by atoms with Crippen LogP contribution in [0.1, 0.15) is 18.9 Å². The van der Waals surface area contributed by atoms with Crippen molar-refractivity contribution < 1.29 is 9.53 Å². The van der Waals surface area contributed by atoms with Gasteiger partial charge in [-0.3, -0.25) is 4.79 Å². The van der Waals surface area contributed by atoms with E-state index in [9.17, 15) is 4.79 Å². The lowest BCUT2D eigenvalue weighted by Gasteiger charge is -2.30. The number of carbonyl (C=O) groups is 1. The van der Waals surface area contributed by atoms with Gasteiger partial charge in [0.15, 0.2) is 0 Å². The summed E-state index contributed by atoms with van der Waals surface area (Å²) in [6.07, 6.45) is 0.458. The number of ether oxygens (including phenoxy) is 1. The van der Waals surface area contributed by atoms with Crippen molar-refractivity contribution in [1.29, 1.82) is 0 Å². The molecule has 0 radical (unpaired) electrons. The molecule has 3 rings (SSSR count). The first-order chi connectivity index (χ1) is 13.2.